The molecule has 2 amide bonds. The molecule has 18 heavy (non-hydrogen) atoms. The third-order valence-corrected chi connectivity index (χ3v) is 3.90. The fourth-order valence-corrected chi connectivity index (χ4v) is 2.77. The molecular weight excluding hydrogens is 228 g/mol. The molecule has 0 aromatic rings. The van der Waals surface area contributed by atoms with Gasteiger partial charge in [-0.2, -0.15) is 0 Å². The Labute approximate surface area is 109 Å². The zero-order valence-electron chi connectivity index (χ0n) is 11.8. The summed E-state index contributed by atoms with van der Waals surface area (Å²) in [4.78, 5) is 25.4. The van der Waals surface area contributed by atoms with Crippen molar-refractivity contribution in [3.05, 3.63) is 12.2 Å². The van der Waals surface area contributed by atoms with Crippen LogP contribution in [-0.4, -0.2) is 29.3 Å². The van der Waals surface area contributed by atoms with Crippen molar-refractivity contribution in [2.24, 2.45) is 17.1 Å². The smallest absolute Gasteiger partial charge is 0.239 e. The molecular formula is C14H24N2O2. The molecule has 0 saturated carbocycles. The highest BCUT2D eigenvalue weighted by Crippen LogP contribution is 2.43. The summed E-state index contributed by atoms with van der Waals surface area (Å²) in [5.41, 5.74) is 5.68. The molecule has 1 aliphatic rings. The predicted octanol–water partition coefficient (Wildman–Crippen LogP) is 1.70. The highest BCUT2D eigenvalue weighted by molar-refractivity contribution is 5.92. The zero-order valence-corrected chi connectivity index (χ0v) is 11.8. The minimum atomic E-state index is -0.536. The van der Waals surface area contributed by atoms with Crippen LogP contribution < -0.4 is 5.73 Å². The summed E-state index contributed by atoms with van der Waals surface area (Å²) in [6.07, 6.45) is 1.51. The fourth-order valence-electron chi connectivity index (χ4n) is 2.77. The lowest BCUT2D eigenvalue weighted by atomic mass is 9.74. The summed E-state index contributed by atoms with van der Waals surface area (Å²) < 4.78 is 0. The summed E-state index contributed by atoms with van der Waals surface area (Å²) in [7, 11) is 0. The highest BCUT2D eigenvalue weighted by atomic mass is 16.2. The highest BCUT2D eigenvalue weighted by Gasteiger charge is 2.49. The van der Waals surface area contributed by atoms with E-state index in [2.05, 4.69) is 20.4 Å². The Balaban J connectivity index is 3.01. The van der Waals surface area contributed by atoms with Crippen molar-refractivity contribution < 1.29 is 9.59 Å². The first-order valence-corrected chi connectivity index (χ1v) is 6.48. The SMILES string of the molecule is C=C(C)C1(CC(C)C)CCN(C(C)C(N)=O)C1=O. The third-order valence-electron chi connectivity index (χ3n) is 3.90. The Morgan fingerprint density at radius 3 is 2.44 bits per heavy atom. The quantitative estimate of drug-likeness (QED) is 0.757. The van der Waals surface area contributed by atoms with E-state index >= 15 is 0 Å². The Morgan fingerprint density at radius 2 is 2.06 bits per heavy atom. The normalized spacial score (nSPS) is 25.6. The molecule has 0 aromatic heterocycles. The van der Waals surface area contributed by atoms with Crippen LogP contribution in [0.2, 0.25) is 0 Å². The van der Waals surface area contributed by atoms with Crippen LogP contribution in [-0.2, 0) is 9.59 Å². The number of primary amides is 1. The average molecular weight is 252 g/mol. The number of carbonyl (C=O) groups excluding carboxylic acids is 2. The largest absolute Gasteiger partial charge is 0.368 e. The Kier molecular flexibility index (Phi) is 4.20. The van der Waals surface area contributed by atoms with Crippen LogP contribution in [0.5, 0.6) is 0 Å². The van der Waals surface area contributed by atoms with Crippen molar-refractivity contribution in [2.45, 2.75) is 46.6 Å². The molecule has 1 fully saturated rings. The standard InChI is InChI=1S/C14H24N2O2/c1-9(2)8-14(10(3)4)6-7-16(13(14)18)11(5)12(15)17/h9,11H,3,6-8H2,1-2,4-5H3,(H2,15,17). The van der Waals surface area contributed by atoms with Gasteiger partial charge in [-0.05, 0) is 32.6 Å². The van der Waals surface area contributed by atoms with Crippen LogP contribution >= 0.6 is 0 Å². The van der Waals surface area contributed by atoms with Crippen LogP contribution in [0, 0.1) is 11.3 Å². The maximum atomic E-state index is 12.6. The van der Waals surface area contributed by atoms with E-state index in [1.54, 1.807) is 11.8 Å². The zero-order chi connectivity index (χ0) is 14.1. The second-order valence-corrected chi connectivity index (χ2v) is 5.79. The molecule has 0 aliphatic carbocycles. The summed E-state index contributed by atoms with van der Waals surface area (Å²) in [6.45, 7) is 12.4. The van der Waals surface area contributed by atoms with Gasteiger partial charge in [0.15, 0.2) is 0 Å². The molecule has 0 spiro atoms. The Bertz CT molecular complexity index is 376. The lowest BCUT2D eigenvalue weighted by Crippen LogP contribution is -2.46. The van der Waals surface area contributed by atoms with Gasteiger partial charge in [-0.1, -0.05) is 26.0 Å². The molecule has 2 N–H and O–H groups in total. The number of nitrogens with zero attached hydrogens (tertiary/aromatic N) is 1. The van der Waals surface area contributed by atoms with E-state index in [0.29, 0.717) is 12.5 Å². The van der Waals surface area contributed by atoms with Crippen molar-refractivity contribution in [1.29, 1.82) is 0 Å². The van der Waals surface area contributed by atoms with Gasteiger partial charge in [0.25, 0.3) is 0 Å². The maximum absolute atomic E-state index is 12.6. The second-order valence-electron chi connectivity index (χ2n) is 5.79. The Hall–Kier alpha value is -1.32. The second kappa shape index (κ2) is 5.12. The van der Waals surface area contributed by atoms with Crippen molar-refractivity contribution in [3.63, 3.8) is 0 Å². The molecule has 0 radical (unpaired) electrons. The number of hydrogen-bond acceptors (Lipinski definition) is 2. The van der Waals surface area contributed by atoms with Gasteiger partial charge in [-0.25, -0.2) is 0 Å². The molecule has 1 aliphatic heterocycles. The Morgan fingerprint density at radius 1 is 1.50 bits per heavy atom. The number of nitrogens with two attached hydrogens (primary N) is 1. The molecule has 2 atom stereocenters. The van der Waals surface area contributed by atoms with E-state index in [1.807, 2.05) is 6.92 Å². The number of amides is 2. The molecule has 1 heterocycles. The van der Waals surface area contributed by atoms with Gasteiger partial charge >= 0.3 is 0 Å². The van der Waals surface area contributed by atoms with Crippen molar-refractivity contribution in [2.75, 3.05) is 6.54 Å². The van der Waals surface area contributed by atoms with E-state index in [0.717, 1.165) is 18.4 Å². The van der Waals surface area contributed by atoms with E-state index in [1.165, 1.54) is 0 Å². The fraction of sp³-hybridized carbons (Fsp3) is 0.714. The number of likely N-dealkylation sites (tertiary alicyclic amines) is 1. The molecule has 102 valence electrons. The average Bonchev–Trinajstić information content (AvgIpc) is 2.56. The van der Waals surface area contributed by atoms with Gasteiger partial charge in [0.2, 0.25) is 11.8 Å². The van der Waals surface area contributed by atoms with Crippen molar-refractivity contribution >= 4 is 11.8 Å². The first-order valence-electron chi connectivity index (χ1n) is 6.48. The van der Waals surface area contributed by atoms with E-state index in [9.17, 15) is 9.59 Å². The third kappa shape index (κ3) is 2.42. The van der Waals surface area contributed by atoms with Crippen LogP contribution in [0.4, 0.5) is 0 Å². The van der Waals surface area contributed by atoms with E-state index in [-0.39, 0.29) is 5.91 Å². The number of hydrogen-bond donors (Lipinski definition) is 1. The predicted molar refractivity (Wildman–Crippen MR) is 71.7 cm³/mol. The molecule has 1 rings (SSSR count). The summed E-state index contributed by atoms with van der Waals surface area (Å²) in [5.74, 6) is -0.0325. The van der Waals surface area contributed by atoms with Gasteiger partial charge in [-0.15, -0.1) is 0 Å². The molecule has 0 bridgehead atoms. The number of rotatable bonds is 5. The topological polar surface area (TPSA) is 63.4 Å². The summed E-state index contributed by atoms with van der Waals surface area (Å²) in [6, 6.07) is -0.536. The van der Waals surface area contributed by atoms with Gasteiger partial charge in [0, 0.05) is 6.54 Å². The monoisotopic (exact) mass is 252 g/mol. The van der Waals surface area contributed by atoms with Crippen LogP contribution in [0.15, 0.2) is 12.2 Å². The van der Waals surface area contributed by atoms with Crippen LogP contribution in [0.3, 0.4) is 0 Å². The van der Waals surface area contributed by atoms with Gasteiger partial charge in [0.1, 0.15) is 6.04 Å². The molecule has 4 heteroatoms. The summed E-state index contributed by atoms with van der Waals surface area (Å²) >= 11 is 0. The van der Waals surface area contributed by atoms with Crippen molar-refractivity contribution in [1.82, 2.24) is 4.90 Å². The van der Waals surface area contributed by atoms with Crippen LogP contribution in [0.25, 0.3) is 0 Å². The summed E-state index contributed by atoms with van der Waals surface area (Å²) in [5, 5.41) is 0. The molecule has 1 saturated heterocycles. The molecule has 4 nitrogen and oxygen atoms in total. The van der Waals surface area contributed by atoms with E-state index < -0.39 is 17.4 Å². The van der Waals surface area contributed by atoms with Gasteiger partial charge < -0.3 is 10.6 Å². The van der Waals surface area contributed by atoms with Crippen molar-refractivity contribution in [3.8, 4) is 0 Å². The first-order chi connectivity index (χ1) is 8.22. The minimum Gasteiger partial charge on any atom is -0.368 e. The number of carbonyl (C=O) groups is 2. The van der Waals surface area contributed by atoms with Gasteiger partial charge in [-0.3, -0.25) is 9.59 Å². The minimum absolute atomic E-state index is 0.00926. The maximum Gasteiger partial charge on any atom is 0.239 e. The first kappa shape index (κ1) is 14.7. The molecule has 2 unspecified atom stereocenters. The van der Waals surface area contributed by atoms with Crippen LogP contribution in [0.1, 0.15) is 40.5 Å². The van der Waals surface area contributed by atoms with E-state index in [4.69, 9.17) is 5.73 Å². The lowest BCUT2D eigenvalue weighted by molar-refractivity contribution is -0.140. The lowest BCUT2D eigenvalue weighted by Gasteiger charge is -2.31. The van der Waals surface area contributed by atoms with Gasteiger partial charge in [0.05, 0.1) is 5.41 Å². The molecule has 0 aromatic carbocycles.